The van der Waals surface area contributed by atoms with Gasteiger partial charge >= 0.3 is 5.97 Å². The Balaban J connectivity index is 2.28. The SMILES string of the molecule is Cc1ncoc1C(=O)Nc1ncccc1C(=O)O. The minimum absolute atomic E-state index is 0.0250. The predicted octanol–water partition coefficient (Wildman–Crippen LogP) is 1.33. The number of hydrogen-bond donors (Lipinski definition) is 2. The summed E-state index contributed by atoms with van der Waals surface area (Å²) in [4.78, 5) is 30.3. The van der Waals surface area contributed by atoms with Crippen LogP contribution in [0.15, 0.2) is 29.1 Å². The van der Waals surface area contributed by atoms with E-state index in [1.807, 2.05) is 0 Å². The standard InChI is InChI=1S/C11H9N3O4/c1-6-8(18-5-13-6)10(15)14-9-7(11(16)17)3-2-4-12-9/h2-5H,1H3,(H,16,17)(H,12,14,15). The van der Waals surface area contributed by atoms with Gasteiger partial charge in [-0.2, -0.15) is 0 Å². The average Bonchev–Trinajstić information content (AvgIpc) is 2.76. The molecule has 92 valence electrons. The summed E-state index contributed by atoms with van der Waals surface area (Å²) >= 11 is 0. The highest BCUT2D eigenvalue weighted by Crippen LogP contribution is 2.14. The van der Waals surface area contributed by atoms with Gasteiger partial charge < -0.3 is 14.8 Å². The van der Waals surface area contributed by atoms with Gasteiger partial charge in [-0.25, -0.2) is 14.8 Å². The van der Waals surface area contributed by atoms with Crippen LogP contribution in [0, 0.1) is 6.92 Å². The summed E-state index contributed by atoms with van der Waals surface area (Å²) < 4.78 is 4.90. The quantitative estimate of drug-likeness (QED) is 0.847. The molecule has 0 aliphatic heterocycles. The van der Waals surface area contributed by atoms with E-state index >= 15 is 0 Å². The highest BCUT2D eigenvalue weighted by Gasteiger charge is 2.18. The van der Waals surface area contributed by atoms with E-state index in [0.29, 0.717) is 5.69 Å². The zero-order valence-corrected chi connectivity index (χ0v) is 9.38. The van der Waals surface area contributed by atoms with E-state index in [4.69, 9.17) is 9.52 Å². The molecule has 18 heavy (non-hydrogen) atoms. The molecule has 0 fully saturated rings. The Morgan fingerprint density at radius 2 is 2.17 bits per heavy atom. The number of pyridine rings is 1. The lowest BCUT2D eigenvalue weighted by Crippen LogP contribution is -2.16. The summed E-state index contributed by atoms with van der Waals surface area (Å²) in [5.74, 6) is -1.78. The van der Waals surface area contributed by atoms with Gasteiger partial charge in [0.2, 0.25) is 5.76 Å². The lowest BCUT2D eigenvalue weighted by molar-refractivity contribution is 0.0697. The van der Waals surface area contributed by atoms with E-state index < -0.39 is 11.9 Å². The third-order valence-electron chi connectivity index (χ3n) is 2.22. The van der Waals surface area contributed by atoms with Crippen LogP contribution in [0.3, 0.4) is 0 Å². The van der Waals surface area contributed by atoms with Gasteiger partial charge in [0.15, 0.2) is 6.39 Å². The van der Waals surface area contributed by atoms with Gasteiger partial charge in [-0.3, -0.25) is 4.79 Å². The summed E-state index contributed by atoms with van der Waals surface area (Å²) in [5.41, 5.74) is 0.323. The molecule has 2 aromatic rings. The monoisotopic (exact) mass is 247 g/mol. The maximum absolute atomic E-state index is 11.8. The number of nitrogens with one attached hydrogen (secondary N) is 1. The first-order valence-electron chi connectivity index (χ1n) is 4.99. The van der Waals surface area contributed by atoms with E-state index in [1.165, 1.54) is 18.3 Å². The fraction of sp³-hybridized carbons (Fsp3) is 0.0909. The molecule has 0 aliphatic carbocycles. The van der Waals surface area contributed by atoms with Crippen molar-refractivity contribution in [3.05, 3.63) is 41.7 Å². The van der Waals surface area contributed by atoms with Crippen LogP contribution in [0.1, 0.15) is 26.6 Å². The third-order valence-corrected chi connectivity index (χ3v) is 2.22. The molecule has 0 spiro atoms. The summed E-state index contributed by atoms with van der Waals surface area (Å²) in [6.45, 7) is 1.61. The topological polar surface area (TPSA) is 105 Å². The maximum Gasteiger partial charge on any atom is 0.339 e. The molecule has 0 saturated heterocycles. The fourth-order valence-corrected chi connectivity index (χ4v) is 1.36. The number of anilines is 1. The minimum Gasteiger partial charge on any atom is -0.478 e. The summed E-state index contributed by atoms with van der Waals surface area (Å²) in [6.07, 6.45) is 2.52. The van der Waals surface area contributed by atoms with Crippen LogP contribution in [-0.4, -0.2) is 27.0 Å². The number of amides is 1. The van der Waals surface area contributed by atoms with Crippen LogP contribution in [-0.2, 0) is 0 Å². The molecule has 7 nitrogen and oxygen atoms in total. The molecule has 0 bridgehead atoms. The zero-order valence-electron chi connectivity index (χ0n) is 9.38. The summed E-state index contributed by atoms with van der Waals surface area (Å²) in [7, 11) is 0. The van der Waals surface area contributed by atoms with Crippen molar-refractivity contribution >= 4 is 17.7 Å². The largest absolute Gasteiger partial charge is 0.478 e. The van der Waals surface area contributed by atoms with E-state index in [2.05, 4.69) is 15.3 Å². The number of carbonyl (C=O) groups excluding carboxylic acids is 1. The fourth-order valence-electron chi connectivity index (χ4n) is 1.36. The number of carbonyl (C=O) groups is 2. The molecular formula is C11H9N3O4. The van der Waals surface area contributed by atoms with Gasteiger partial charge in [-0.05, 0) is 19.1 Å². The Hall–Kier alpha value is -2.70. The number of rotatable bonds is 3. The second-order valence-electron chi connectivity index (χ2n) is 3.43. The van der Waals surface area contributed by atoms with Gasteiger partial charge in [0.05, 0.1) is 5.69 Å². The number of aromatic nitrogens is 2. The van der Waals surface area contributed by atoms with E-state index in [0.717, 1.165) is 6.39 Å². The first-order chi connectivity index (χ1) is 8.59. The summed E-state index contributed by atoms with van der Waals surface area (Å²) in [5, 5.41) is 11.3. The maximum atomic E-state index is 11.8. The van der Waals surface area contributed by atoms with Crippen molar-refractivity contribution in [3.63, 3.8) is 0 Å². The van der Waals surface area contributed by atoms with Crippen molar-refractivity contribution < 1.29 is 19.1 Å². The first-order valence-corrected chi connectivity index (χ1v) is 4.99. The number of carboxylic acid groups (broad SMARTS) is 1. The van der Waals surface area contributed by atoms with Crippen molar-refractivity contribution in [3.8, 4) is 0 Å². The van der Waals surface area contributed by atoms with Gasteiger partial charge in [0.25, 0.3) is 5.91 Å². The van der Waals surface area contributed by atoms with Crippen molar-refractivity contribution in [2.45, 2.75) is 6.92 Å². The van der Waals surface area contributed by atoms with Gasteiger partial charge in [0.1, 0.15) is 11.4 Å². The lowest BCUT2D eigenvalue weighted by Gasteiger charge is -2.05. The second-order valence-corrected chi connectivity index (χ2v) is 3.43. The van der Waals surface area contributed by atoms with E-state index in [1.54, 1.807) is 6.92 Å². The van der Waals surface area contributed by atoms with Gasteiger partial charge in [0, 0.05) is 6.20 Å². The molecular weight excluding hydrogens is 238 g/mol. The summed E-state index contributed by atoms with van der Waals surface area (Å²) in [6, 6.07) is 2.82. The molecule has 0 saturated carbocycles. The van der Waals surface area contributed by atoms with Crippen LogP contribution < -0.4 is 5.32 Å². The number of hydrogen-bond acceptors (Lipinski definition) is 5. The first kappa shape index (κ1) is 11.8. The Labute approximate surface area is 101 Å². The molecule has 2 rings (SSSR count). The van der Waals surface area contributed by atoms with Crippen molar-refractivity contribution in [1.29, 1.82) is 0 Å². The van der Waals surface area contributed by atoms with E-state index in [9.17, 15) is 9.59 Å². The Kier molecular flexibility index (Phi) is 3.05. The highest BCUT2D eigenvalue weighted by molar-refractivity contribution is 6.05. The number of aromatic carboxylic acids is 1. The van der Waals surface area contributed by atoms with Crippen LogP contribution in [0.25, 0.3) is 0 Å². The number of carboxylic acids is 1. The molecule has 0 aliphatic rings. The average molecular weight is 247 g/mol. The van der Waals surface area contributed by atoms with Crippen molar-refractivity contribution in [1.82, 2.24) is 9.97 Å². The number of oxazole rings is 1. The molecule has 2 heterocycles. The zero-order chi connectivity index (χ0) is 13.1. The Morgan fingerprint density at radius 1 is 1.39 bits per heavy atom. The normalized spacial score (nSPS) is 10.1. The van der Waals surface area contributed by atoms with Crippen LogP contribution in [0.5, 0.6) is 0 Å². The molecule has 2 aromatic heterocycles. The van der Waals surface area contributed by atoms with Crippen molar-refractivity contribution in [2.24, 2.45) is 0 Å². The number of aryl methyl sites for hydroxylation is 1. The molecule has 0 aromatic carbocycles. The van der Waals surface area contributed by atoms with Crippen LogP contribution in [0.4, 0.5) is 5.82 Å². The second kappa shape index (κ2) is 4.66. The molecule has 0 unspecified atom stereocenters. The van der Waals surface area contributed by atoms with E-state index in [-0.39, 0.29) is 17.1 Å². The van der Waals surface area contributed by atoms with Gasteiger partial charge in [-0.15, -0.1) is 0 Å². The smallest absolute Gasteiger partial charge is 0.339 e. The molecule has 0 atom stereocenters. The minimum atomic E-state index is -1.17. The van der Waals surface area contributed by atoms with Crippen LogP contribution >= 0.6 is 0 Å². The number of nitrogens with zero attached hydrogens (tertiary/aromatic N) is 2. The Morgan fingerprint density at radius 3 is 2.78 bits per heavy atom. The molecule has 1 amide bonds. The third kappa shape index (κ3) is 2.19. The highest BCUT2D eigenvalue weighted by atomic mass is 16.4. The Bertz CT molecular complexity index is 606. The van der Waals surface area contributed by atoms with Crippen molar-refractivity contribution in [2.75, 3.05) is 5.32 Å². The molecule has 0 radical (unpaired) electrons. The molecule has 7 heteroatoms. The van der Waals surface area contributed by atoms with Crippen LogP contribution in [0.2, 0.25) is 0 Å². The lowest BCUT2D eigenvalue weighted by atomic mass is 10.2. The molecule has 2 N–H and O–H groups in total. The van der Waals surface area contributed by atoms with Gasteiger partial charge in [-0.1, -0.05) is 0 Å². The predicted molar refractivity (Wildman–Crippen MR) is 60.4 cm³/mol.